The molecule has 0 aliphatic carbocycles. The predicted octanol–water partition coefficient (Wildman–Crippen LogP) is 2.52. The number of hydrogen-bond donors (Lipinski definition) is 1. The van der Waals surface area contributed by atoms with Gasteiger partial charge in [-0.2, -0.15) is 4.98 Å². The van der Waals surface area contributed by atoms with Crippen LogP contribution in [0.5, 0.6) is 0 Å². The van der Waals surface area contributed by atoms with Gasteiger partial charge >= 0.3 is 11.7 Å². The monoisotopic (exact) mass is 306 g/mol. The van der Waals surface area contributed by atoms with Crippen molar-refractivity contribution in [2.24, 2.45) is 0 Å². The van der Waals surface area contributed by atoms with Gasteiger partial charge in [-0.25, -0.2) is 4.79 Å². The Balaban J connectivity index is 2.56. The molecule has 0 bridgehead atoms. The van der Waals surface area contributed by atoms with Crippen molar-refractivity contribution >= 4 is 17.6 Å². The number of aromatic nitrogens is 2. The summed E-state index contributed by atoms with van der Waals surface area (Å²) in [6.45, 7) is 3.51. The molecule has 1 aromatic carbocycles. The molecule has 6 heteroatoms. The molecule has 0 spiro atoms. The Kier molecular flexibility index (Phi) is 4.43. The van der Waals surface area contributed by atoms with Crippen LogP contribution in [0.2, 0.25) is 5.02 Å². The van der Waals surface area contributed by atoms with Crippen LogP contribution >= 0.6 is 11.6 Å². The highest BCUT2D eigenvalue weighted by atomic mass is 35.5. The van der Waals surface area contributed by atoms with E-state index in [0.29, 0.717) is 28.5 Å². The lowest BCUT2D eigenvalue weighted by molar-refractivity contribution is -0.136. The van der Waals surface area contributed by atoms with Crippen LogP contribution < -0.4 is 5.69 Å². The van der Waals surface area contributed by atoms with Crippen molar-refractivity contribution in [2.45, 2.75) is 26.7 Å². The maximum Gasteiger partial charge on any atom is 0.352 e. The minimum absolute atomic E-state index is 0.00216. The molecule has 0 unspecified atom stereocenters. The van der Waals surface area contributed by atoms with Gasteiger partial charge in [0.05, 0.1) is 5.69 Å². The van der Waals surface area contributed by atoms with E-state index in [1.165, 1.54) is 4.57 Å². The molecular weight excluding hydrogens is 292 g/mol. The molecule has 1 aromatic heterocycles. The maximum atomic E-state index is 12.1. The van der Waals surface area contributed by atoms with Crippen molar-refractivity contribution in [2.75, 3.05) is 0 Å². The molecule has 0 fully saturated rings. The molecule has 110 valence electrons. The molecule has 0 amide bonds. The van der Waals surface area contributed by atoms with E-state index >= 15 is 0 Å². The van der Waals surface area contributed by atoms with Crippen molar-refractivity contribution in [1.29, 1.82) is 0 Å². The van der Waals surface area contributed by atoms with E-state index < -0.39 is 5.97 Å². The van der Waals surface area contributed by atoms with Gasteiger partial charge in [0.25, 0.3) is 0 Å². The number of halogens is 1. The maximum absolute atomic E-state index is 12.1. The van der Waals surface area contributed by atoms with E-state index in [1.54, 1.807) is 38.1 Å². The van der Waals surface area contributed by atoms with E-state index in [-0.39, 0.29) is 12.1 Å². The number of rotatable bonds is 4. The molecule has 0 saturated heterocycles. The van der Waals surface area contributed by atoms with Crippen molar-refractivity contribution in [1.82, 2.24) is 9.55 Å². The zero-order valence-electron chi connectivity index (χ0n) is 11.8. The molecule has 2 rings (SSSR count). The van der Waals surface area contributed by atoms with Crippen molar-refractivity contribution in [3.63, 3.8) is 0 Å². The molecule has 0 saturated carbocycles. The number of benzene rings is 1. The Hall–Kier alpha value is -2.14. The molecule has 5 nitrogen and oxygen atoms in total. The number of hydrogen-bond acceptors (Lipinski definition) is 3. The minimum atomic E-state index is -0.877. The third-order valence-corrected chi connectivity index (χ3v) is 3.59. The lowest BCUT2D eigenvalue weighted by Crippen LogP contribution is -2.26. The molecular formula is C15H15ClN2O3. The minimum Gasteiger partial charge on any atom is -0.481 e. The Bertz CT molecular complexity index is 736. The van der Waals surface area contributed by atoms with Crippen LogP contribution in [0, 0.1) is 13.8 Å². The summed E-state index contributed by atoms with van der Waals surface area (Å²) in [7, 11) is 0. The van der Waals surface area contributed by atoms with Crippen LogP contribution in [0.25, 0.3) is 5.69 Å². The van der Waals surface area contributed by atoms with E-state index in [2.05, 4.69) is 4.98 Å². The summed E-state index contributed by atoms with van der Waals surface area (Å²) >= 11 is 5.85. The van der Waals surface area contributed by atoms with Crippen molar-refractivity contribution in [3.05, 3.63) is 56.7 Å². The van der Waals surface area contributed by atoms with Crippen LogP contribution in [-0.4, -0.2) is 20.6 Å². The quantitative estimate of drug-likeness (QED) is 0.942. The number of nitrogens with zero attached hydrogens (tertiary/aromatic N) is 2. The number of aryl methyl sites for hydroxylation is 1. The number of carbonyl (C=O) groups is 1. The normalized spacial score (nSPS) is 10.6. The molecule has 0 radical (unpaired) electrons. The Morgan fingerprint density at radius 3 is 2.48 bits per heavy atom. The first-order chi connectivity index (χ1) is 9.90. The van der Waals surface area contributed by atoms with Gasteiger partial charge in [0, 0.05) is 22.8 Å². The summed E-state index contributed by atoms with van der Waals surface area (Å²) < 4.78 is 1.47. The standard InChI is InChI=1S/C15H15ClN2O3/c1-9-13(7-8-14(19)20)10(2)18(15(21)17-9)12-5-3-11(16)4-6-12/h3-6H,7-8H2,1-2H3,(H,19,20). The highest BCUT2D eigenvalue weighted by Gasteiger charge is 2.13. The second kappa shape index (κ2) is 6.10. The van der Waals surface area contributed by atoms with Crippen LogP contribution in [0.1, 0.15) is 23.4 Å². The van der Waals surface area contributed by atoms with Gasteiger partial charge in [-0.05, 0) is 50.1 Å². The number of carboxylic acid groups (broad SMARTS) is 1. The lowest BCUT2D eigenvalue weighted by Gasteiger charge is -2.15. The molecule has 0 aliphatic heterocycles. The molecule has 21 heavy (non-hydrogen) atoms. The van der Waals surface area contributed by atoms with Gasteiger partial charge in [-0.1, -0.05) is 11.6 Å². The Morgan fingerprint density at radius 2 is 1.90 bits per heavy atom. The molecule has 1 N–H and O–H groups in total. The molecule has 0 atom stereocenters. The fraction of sp³-hybridized carbons (Fsp3) is 0.267. The third-order valence-electron chi connectivity index (χ3n) is 3.34. The van der Waals surface area contributed by atoms with E-state index in [1.807, 2.05) is 0 Å². The van der Waals surface area contributed by atoms with Crippen LogP contribution in [0.3, 0.4) is 0 Å². The van der Waals surface area contributed by atoms with E-state index in [9.17, 15) is 9.59 Å². The Morgan fingerprint density at radius 1 is 1.29 bits per heavy atom. The SMILES string of the molecule is Cc1nc(=O)n(-c2ccc(Cl)cc2)c(C)c1CCC(=O)O. The average molecular weight is 307 g/mol. The van der Waals surface area contributed by atoms with E-state index in [0.717, 1.165) is 5.56 Å². The molecule has 2 aromatic rings. The van der Waals surface area contributed by atoms with Gasteiger partial charge in [0.15, 0.2) is 0 Å². The first-order valence-corrected chi connectivity index (χ1v) is 6.85. The van der Waals surface area contributed by atoms with Gasteiger partial charge < -0.3 is 5.11 Å². The van der Waals surface area contributed by atoms with Gasteiger partial charge in [-0.3, -0.25) is 9.36 Å². The second-order valence-electron chi connectivity index (χ2n) is 4.75. The summed E-state index contributed by atoms with van der Waals surface area (Å²) in [5.74, 6) is -0.877. The second-order valence-corrected chi connectivity index (χ2v) is 5.19. The Labute approximate surface area is 126 Å². The van der Waals surface area contributed by atoms with Gasteiger partial charge in [0.1, 0.15) is 0 Å². The fourth-order valence-corrected chi connectivity index (χ4v) is 2.42. The first-order valence-electron chi connectivity index (χ1n) is 6.47. The topological polar surface area (TPSA) is 72.2 Å². The summed E-state index contributed by atoms with van der Waals surface area (Å²) in [4.78, 5) is 26.9. The smallest absolute Gasteiger partial charge is 0.352 e. The first kappa shape index (κ1) is 15.3. The zero-order valence-corrected chi connectivity index (χ0v) is 12.5. The number of carboxylic acids is 1. The van der Waals surface area contributed by atoms with Gasteiger partial charge in [-0.15, -0.1) is 0 Å². The molecule has 1 heterocycles. The van der Waals surface area contributed by atoms with Crippen LogP contribution in [0.15, 0.2) is 29.1 Å². The summed E-state index contributed by atoms with van der Waals surface area (Å²) in [5, 5.41) is 9.40. The predicted molar refractivity (Wildman–Crippen MR) is 80.3 cm³/mol. The van der Waals surface area contributed by atoms with Crippen molar-refractivity contribution in [3.8, 4) is 5.69 Å². The lowest BCUT2D eigenvalue weighted by atomic mass is 10.1. The van der Waals surface area contributed by atoms with Crippen LogP contribution in [-0.2, 0) is 11.2 Å². The van der Waals surface area contributed by atoms with Crippen molar-refractivity contribution < 1.29 is 9.90 Å². The van der Waals surface area contributed by atoms with E-state index in [4.69, 9.17) is 16.7 Å². The fourth-order valence-electron chi connectivity index (χ4n) is 2.29. The zero-order chi connectivity index (χ0) is 15.6. The summed E-state index contributed by atoms with van der Waals surface area (Å²) in [5.41, 5.74) is 2.34. The summed E-state index contributed by atoms with van der Waals surface area (Å²) in [6.07, 6.45) is 0.343. The molecule has 0 aliphatic rings. The average Bonchev–Trinajstić information content (AvgIpc) is 2.40. The third kappa shape index (κ3) is 3.31. The largest absolute Gasteiger partial charge is 0.481 e. The highest BCUT2D eigenvalue weighted by molar-refractivity contribution is 6.30. The highest BCUT2D eigenvalue weighted by Crippen LogP contribution is 2.17. The summed E-state index contributed by atoms with van der Waals surface area (Å²) in [6, 6.07) is 6.85. The van der Waals surface area contributed by atoms with Crippen LogP contribution in [0.4, 0.5) is 0 Å². The number of aliphatic carboxylic acids is 1. The van der Waals surface area contributed by atoms with Gasteiger partial charge in [0.2, 0.25) is 0 Å².